The van der Waals surface area contributed by atoms with Gasteiger partial charge < -0.3 is 13.9 Å². The van der Waals surface area contributed by atoms with Crippen LogP contribution in [0.2, 0.25) is 0 Å². The highest BCUT2D eigenvalue weighted by molar-refractivity contribution is 7.07. The first-order valence-corrected chi connectivity index (χ1v) is 10.2. The lowest BCUT2D eigenvalue weighted by atomic mass is 10.1. The minimum Gasteiger partial charge on any atom is -0.497 e. The highest BCUT2D eigenvalue weighted by Gasteiger charge is 2.14. The largest absolute Gasteiger partial charge is 0.497 e. The monoisotopic (exact) mass is 419 g/mol. The molecule has 4 aromatic rings. The van der Waals surface area contributed by atoms with Gasteiger partial charge in [-0.25, -0.2) is 4.68 Å². The first kappa shape index (κ1) is 19.7. The maximum absolute atomic E-state index is 5.58. The SMILES string of the molecule is COc1ccc(OC)c(-c2csc(=NCc3ccccc3)n2N=Cc2ccco2)c1. The van der Waals surface area contributed by atoms with Gasteiger partial charge in [-0.3, -0.25) is 4.99 Å². The minimum atomic E-state index is 0.562. The highest BCUT2D eigenvalue weighted by Crippen LogP contribution is 2.33. The fraction of sp³-hybridized carbons (Fsp3) is 0.130. The van der Waals surface area contributed by atoms with Crippen LogP contribution in [0.25, 0.3) is 11.3 Å². The first-order chi connectivity index (χ1) is 14.8. The van der Waals surface area contributed by atoms with Gasteiger partial charge in [0.1, 0.15) is 17.3 Å². The van der Waals surface area contributed by atoms with E-state index in [1.807, 2.05) is 53.9 Å². The van der Waals surface area contributed by atoms with Gasteiger partial charge in [-0.1, -0.05) is 30.3 Å². The van der Waals surface area contributed by atoms with E-state index in [9.17, 15) is 0 Å². The van der Waals surface area contributed by atoms with Gasteiger partial charge in [-0.05, 0) is 35.9 Å². The molecule has 2 aromatic heterocycles. The summed E-state index contributed by atoms with van der Waals surface area (Å²) in [5.74, 6) is 2.12. The summed E-state index contributed by atoms with van der Waals surface area (Å²) in [7, 11) is 3.29. The lowest BCUT2D eigenvalue weighted by molar-refractivity contribution is 0.404. The van der Waals surface area contributed by atoms with Gasteiger partial charge in [0, 0.05) is 10.9 Å². The Balaban J connectivity index is 1.82. The molecule has 7 heteroatoms. The van der Waals surface area contributed by atoms with Crippen LogP contribution in [-0.4, -0.2) is 25.1 Å². The third kappa shape index (κ3) is 4.36. The van der Waals surface area contributed by atoms with Crippen LogP contribution in [0.3, 0.4) is 0 Å². The molecule has 2 heterocycles. The molecule has 0 bridgehead atoms. The molecule has 0 aliphatic heterocycles. The molecular formula is C23H21N3O3S. The summed E-state index contributed by atoms with van der Waals surface area (Å²) >= 11 is 1.52. The second-order valence-electron chi connectivity index (χ2n) is 6.34. The van der Waals surface area contributed by atoms with Gasteiger partial charge in [-0.15, -0.1) is 11.3 Å². The molecule has 0 saturated heterocycles. The summed E-state index contributed by atoms with van der Waals surface area (Å²) < 4.78 is 18.2. The molecule has 0 aliphatic carbocycles. The minimum absolute atomic E-state index is 0.562. The molecule has 6 nitrogen and oxygen atoms in total. The van der Waals surface area contributed by atoms with Crippen LogP contribution in [-0.2, 0) is 6.54 Å². The number of benzene rings is 2. The van der Waals surface area contributed by atoms with Gasteiger partial charge in [0.25, 0.3) is 0 Å². The smallest absolute Gasteiger partial charge is 0.206 e. The van der Waals surface area contributed by atoms with Crippen LogP contribution in [0.4, 0.5) is 0 Å². The number of nitrogens with zero attached hydrogens (tertiary/aromatic N) is 3. The van der Waals surface area contributed by atoms with Crippen LogP contribution in [0.5, 0.6) is 11.5 Å². The number of rotatable bonds is 7. The number of furan rings is 1. The van der Waals surface area contributed by atoms with E-state index in [0.717, 1.165) is 33.1 Å². The van der Waals surface area contributed by atoms with E-state index in [0.29, 0.717) is 12.3 Å². The number of methoxy groups -OCH3 is 2. The number of ether oxygens (including phenoxy) is 2. The number of hydrogen-bond donors (Lipinski definition) is 0. The van der Waals surface area contributed by atoms with E-state index in [4.69, 9.17) is 18.9 Å². The molecule has 0 spiro atoms. The highest BCUT2D eigenvalue weighted by atomic mass is 32.1. The van der Waals surface area contributed by atoms with Crippen molar-refractivity contribution in [3.63, 3.8) is 0 Å². The lowest BCUT2D eigenvalue weighted by Crippen LogP contribution is -2.12. The molecule has 0 atom stereocenters. The van der Waals surface area contributed by atoms with Crippen molar-refractivity contribution in [2.75, 3.05) is 14.2 Å². The predicted octanol–water partition coefficient (Wildman–Crippen LogP) is 4.81. The van der Waals surface area contributed by atoms with Crippen molar-refractivity contribution in [1.82, 2.24) is 4.68 Å². The Bertz CT molecular complexity index is 1190. The molecule has 0 N–H and O–H groups in total. The molecule has 0 saturated carbocycles. The van der Waals surface area contributed by atoms with Gasteiger partial charge in [0.2, 0.25) is 4.80 Å². The van der Waals surface area contributed by atoms with Gasteiger partial charge >= 0.3 is 0 Å². The molecule has 2 aromatic carbocycles. The Morgan fingerprint density at radius 3 is 2.63 bits per heavy atom. The van der Waals surface area contributed by atoms with E-state index in [-0.39, 0.29) is 0 Å². The summed E-state index contributed by atoms with van der Waals surface area (Å²) in [6.07, 6.45) is 3.29. The van der Waals surface area contributed by atoms with E-state index >= 15 is 0 Å². The topological polar surface area (TPSA) is 61.2 Å². The van der Waals surface area contributed by atoms with Crippen LogP contribution in [0, 0.1) is 0 Å². The van der Waals surface area contributed by atoms with E-state index < -0.39 is 0 Å². The average Bonchev–Trinajstić information content (AvgIpc) is 3.46. The van der Waals surface area contributed by atoms with Crippen molar-refractivity contribution in [3.05, 3.63) is 88.4 Å². The summed E-state index contributed by atoms with van der Waals surface area (Å²) in [4.78, 5) is 5.55. The van der Waals surface area contributed by atoms with Crippen molar-refractivity contribution in [1.29, 1.82) is 0 Å². The fourth-order valence-electron chi connectivity index (χ4n) is 2.94. The lowest BCUT2D eigenvalue weighted by Gasteiger charge is -2.11. The Hall–Kier alpha value is -3.58. The standard InChI is InChI=1S/C23H21N3O3S/c1-27-18-10-11-22(28-2)20(13-18)21-16-30-23(24-14-17-7-4-3-5-8-17)26(21)25-15-19-9-6-12-29-19/h3-13,15-16H,14H2,1-2H3. The summed E-state index contributed by atoms with van der Waals surface area (Å²) in [5, 5.41) is 6.66. The second-order valence-corrected chi connectivity index (χ2v) is 7.18. The van der Waals surface area contributed by atoms with E-state index in [2.05, 4.69) is 17.2 Å². The molecule has 0 aliphatic rings. The van der Waals surface area contributed by atoms with Gasteiger partial charge in [0.15, 0.2) is 0 Å². The molecule has 0 radical (unpaired) electrons. The molecular weight excluding hydrogens is 398 g/mol. The second kappa shape index (κ2) is 9.28. The number of hydrogen-bond acceptors (Lipinski definition) is 6. The maximum Gasteiger partial charge on any atom is 0.206 e. The van der Waals surface area contributed by atoms with Crippen LogP contribution in [0.1, 0.15) is 11.3 Å². The Morgan fingerprint density at radius 1 is 1.03 bits per heavy atom. The summed E-state index contributed by atoms with van der Waals surface area (Å²) in [6, 6.07) is 19.5. The average molecular weight is 420 g/mol. The van der Waals surface area contributed by atoms with Crippen molar-refractivity contribution in [2.45, 2.75) is 6.54 Å². The zero-order valence-electron chi connectivity index (χ0n) is 16.7. The van der Waals surface area contributed by atoms with Crippen LogP contribution >= 0.6 is 11.3 Å². The zero-order valence-corrected chi connectivity index (χ0v) is 17.5. The van der Waals surface area contributed by atoms with E-state index in [1.165, 1.54) is 11.3 Å². The number of aromatic nitrogens is 1. The van der Waals surface area contributed by atoms with Crippen molar-refractivity contribution >= 4 is 17.6 Å². The molecule has 0 fully saturated rings. The Morgan fingerprint density at radius 2 is 1.90 bits per heavy atom. The Labute approximate surface area is 178 Å². The van der Waals surface area contributed by atoms with Gasteiger partial charge in [-0.2, -0.15) is 5.10 Å². The quantitative estimate of drug-likeness (QED) is 0.404. The van der Waals surface area contributed by atoms with Crippen LogP contribution in [0.15, 0.2) is 86.8 Å². The molecule has 4 rings (SSSR count). The number of thiazole rings is 1. The molecule has 0 unspecified atom stereocenters. The normalized spacial score (nSPS) is 11.9. The van der Waals surface area contributed by atoms with Crippen molar-refractivity contribution in [2.24, 2.45) is 10.1 Å². The summed E-state index contributed by atoms with van der Waals surface area (Å²) in [6.45, 7) is 0.562. The maximum atomic E-state index is 5.58. The fourth-order valence-corrected chi connectivity index (χ4v) is 3.77. The van der Waals surface area contributed by atoms with Crippen molar-refractivity contribution < 1.29 is 13.9 Å². The van der Waals surface area contributed by atoms with E-state index in [1.54, 1.807) is 31.4 Å². The summed E-state index contributed by atoms with van der Waals surface area (Å²) in [5.41, 5.74) is 2.85. The third-order valence-corrected chi connectivity index (χ3v) is 5.31. The van der Waals surface area contributed by atoms with Crippen molar-refractivity contribution in [3.8, 4) is 22.8 Å². The zero-order chi connectivity index (χ0) is 20.8. The van der Waals surface area contributed by atoms with Crippen LogP contribution < -0.4 is 14.3 Å². The predicted molar refractivity (Wildman–Crippen MR) is 118 cm³/mol. The molecule has 152 valence electrons. The molecule has 0 amide bonds. The van der Waals surface area contributed by atoms with Gasteiger partial charge in [0.05, 0.1) is 38.9 Å². The Kier molecular flexibility index (Phi) is 6.10. The third-order valence-electron chi connectivity index (χ3n) is 4.45. The molecule has 30 heavy (non-hydrogen) atoms. The first-order valence-electron chi connectivity index (χ1n) is 9.33.